The van der Waals surface area contributed by atoms with Crippen molar-refractivity contribution in [3.05, 3.63) is 0 Å². The largest absolute Gasteiger partial charge is 0.480 e. The third-order valence-corrected chi connectivity index (χ3v) is 4.11. The molecule has 2 fully saturated rings. The van der Waals surface area contributed by atoms with Gasteiger partial charge in [0, 0.05) is 0 Å². The monoisotopic (exact) mass is 240 g/mol. The number of nitrogens with one attached hydrogen (secondary N) is 1. The van der Waals surface area contributed by atoms with E-state index < -0.39 is 5.97 Å². The topological polar surface area (TPSA) is 52.6 Å². The first-order valence-corrected chi connectivity index (χ1v) is 6.81. The second kappa shape index (κ2) is 5.83. The zero-order valence-corrected chi connectivity index (χ0v) is 10.7. The molecule has 0 aromatic heterocycles. The molecule has 1 atom stereocenters. The Hall–Kier alpha value is -0.610. The summed E-state index contributed by atoms with van der Waals surface area (Å²) in [5.74, 6) is 0.508. The fourth-order valence-corrected chi connectivity index (χ4v) is 2.68. The molecule has 0 aromatic rings. The van der Waals surface area contributed by atoms with Crippen LogP contribution in [0.2, 0.25) is 0 Å². The average molecular weight is 240 g/mol. The van der Waals surface area contributed by atoms with Crippen LogP contribution in [0.1, 0.15) is 32.1 Å². The van der Waals surface area contributed by atoms with E-state index in [2.05, 4.69) is 17.3 Å². The van der Waals surface area contributed by atoms with Crippen LogP contribution < -0.4 is 5.32 Å². The third-order valence-electron chi connectivity index (χ3n) is 4.11. The van der Waals surface area contributed by atoms with Gasteiger partial charge in [-0.3, -0.25) is 4.79 Å². The highest BCUT2D eigenvalue weighted by molar-refractivity contribution is 5.74. The fourth-order valence-electron chi connectivity index (χ4n) is 2.68. The highest BCUT2D eigenvalue weighted by Gasteiger charge is 2.35. The predicted octanol–water partition coefficient (Wildman–Crippen LogP) is 1.17. The molecule has 0 aromatic carbocycles. The Bertz CT molecular complexity index is 258. The second-order valence-corrected chi connectivity index (χ2v) is 5.64. The summed E-state index contributed by atoms with van der Waals surface area (Å²) in [5.41, 5.74) is 0. The molecule has 0 radical (unpaired) electrons. The number of likely N-dealkylation sites (tertiary alicyclic amines) is 1. The summed E-state index contributed by atoms with van der Waals surface area (Å²) >= 11 is 0. The maximum absolute atomic E-state index is 11.0. The predicted molar refractivity (Wildman–Crippen MR) is 67.0 cm³/mol. The molecule has 1 heterocycles. The zero-order chi connectivity index (χ0) is 12.3. The Balaban J connectivity index is 1.63. The van der Waals surface area contributed by atoms with Gasteiger partial charge < -0.3 is 15.3 Å². The van der Waals surface area contributed by atoms with Crippen LogP contribution in [0.15, 0.2) is 0 Å². The van der Waals surface area contributed by atoms with Crippen molar-refractivity contribution in [3.8, 4) is 0 Å². The Morgan fingerprint density at radius 2 is 2.00 bits per heavy atom. The molecule has 2 N–H and O–H groups in total. The highest BCUT2D eigenvalue weighted by atomic mass is 16.4. The number of rotatable bonds is 6. The first kappa shape index (κ1) is 12.8. The number of nitrogens with zero attached hydrogens (tertiary/aromatic N) is 1. The van der Waals surface area contributed by atoms with Crippen molar-refractivity contribution in [2.24, 2.45) is 11.8 Å². The van der Waals surface area contributed by atoms with Crippen LogP contribution >= 0.6 is 0 Å². The molecule has 0 bridgehead atoms. The van der Waals surface area contributed by atoms with Gasteiger partial charge in [0.15, 0.2) is 0 Å². The molecular formula is C13H24N2O2. The van der Waals surface area contributed by atoms with Crippen molar-refractivity contribution in [1.82, 2.24) is 10.2 Å². The second-order valence-electron chi connectivity index (χ2n) is 5.64. The van der Waals surface area contributed by atoms with Gasteiger partial charge in [-0.05, 0) is 70.6 Å². The molecule has 1 saturated heterocycles. The molecule has 1 aliphatic heterocycles. The lowest BCUT2D eigenvalue weighted by molar-refractivity contribution is -0.140. The van der Waals surface area contributed by atoms with E-state index in [0.29, 0.717) is 5.92 Å². The lowest BCUT2D eigenvalue weighted by atomic mass is 9.94. The SMILES string of the molecule is CN1CCC(CCNC(C(=O)O)C2CC2)CC1. The van der Waals surface area contributed by atoms with Gasteiger partial charge >= 0.3 is 5.97 Å². The number of hydrogen-bond acceptors (Lipinski definition) is 3. The van der Waals surface area contributed by atoms with Crippen LogP contribution in [-0.2, 0) is 4.79 Å². The number of piperidine rings is 1. The minimum Gasteiger partial charge on any atom is -0.480 e. The number of carboxylic acid groups (broad SMARTS) is 1. The smallest absolute Gasteiger partial charge is 0.320 e. The molecule has 2 rings (SSSR count). The van der Waals surface area contributed by atoms with Gasteiger partial charge in [-0.15, -0.1) is 0 Å². The lowest BCUT2D eigenvalue weighted by Crippen LogP contribution is -2.40. The van der Waals surface area contributed by atoms with Crippen molar-refractivity contribution in [1.29, 1.82) is 0 Å². The molecule has 1 unspecified atom stereocenters. The summed E-state index contributed by atoms with van der Waals surface area (Å²) in [7, 11) is 2.17. The molecule has 4 heteroatoms. The Labute approximate surface area is 103 Å². The van der Waals surface area contributed by atoms with Gasteiger partial charge in [-0.1, -0.05) is 0 Å². The number of carboxylic acids is 1. The zero-order valence-electron chi connectivity index (χ0n) is 10.7. The summed E-state index contributed by atoms with van der Waals surface area (Å²) < 4.78 is 0. The summed E-state index contributed by atoms with van der Waals surface area (Å²) in [6, 6.07) is -0.290. The maximum atomic E-state index is 11.0. The van der Waals surface area contributed by atoms with Gasteiger partial charge in [-0.25, -0.2) is 0 Å². The third kappa shape index (κ3) is 3.96. The van der Waals surface area contributed by atoms with E-state index >= 15 is 0 Å². The van der Waals surface area contributed by atoms with Crippen molar-refractivity contribution in [2.75, 3.05) is 26.7 Å². The molecule has 2 aliphatic rings. The highest BCUT2D eigenvalue weighted by Crippen LogP contribution is 2.32. The molecule has 1 saturated carbocycles. The number of aliphatic carboxylic acids is 1. The lowest BCUT2D eigenvalue weighted by Gasteiger charge is -2.29. The molecule has 1 aliphatic carbocycles. The molecular weight excluding hydrogens is 216 g/mol. The van der Waals surface area contributed by atoms with Crippen LogP contribution in [0, 0.1) is 11.8 Å². The summed E-state index contributed by atoms with van der Waals surface area (Å²) in [5, 5.41) is 12.3. The van der Waals surface area contributed by atoms with Crippen molar-refractivity contribution in [2.45, 2.75) is 38.1 Å². The van der Waals surface area contributed by atoms with Crippen molar-refractivity contribution >= 4 is 5.97 Å². The molecule has 98 valence electrons. The maximum Gasteiger partial charge on any atom is 0.320 e. The quantitative estimate of drug-likeness (QED) is 0.732. The van der Waals surface area contributed by atoms with E-state index in [-0.39, 0.29) is 6.04 Å². The Morgan fingerprint density at radius 1 is 1.35 bits per heavy atom. The standard InChI is InChI=1S/C13H24N2O2/c1-15-8-5-10(6-9-15)4-7-14-12(13(16)17)11-2-3-11/h10-12,14H,2-9H2,1H3,(H,16,17). The first-order chi connectivity index (χ1) is 8.16. The molecule has 0 spiro atoms. The van der Waals surface area contributed by atoms with Gasteiger partial charge in [0.1, 0.15) is 6.04 Å². The van der Waals surface area contributed by atoms with Gasteiger partial charge in [0.05, 0.1) is 0 Å². The van der Waals surface area contributed by atoms with Crippen LogP contribution in [0.5, 0.6) is 0 Å². The van der Waals surface area contributed by atoms with Crippen LogP contribution in [0.25, 0.3) is 0 Å². The average Bonchev–Trinajstić information content (AvgIpc) is 3.10. The Morgan fingerprint density at radius 3 is 2.53 bits per heavy atom. The van der Waals surface area contributed by atoms with Gasteiger partial charge in [-0.2, -0.15) is 0 Å². The minimum absolute atomic E-state index is 0.290. The minimum atomic E-state index is -0.670. The first-order valence-electron chi connectivity index (χ1n) is 6.81. The van der Waals surface area contributed by atoms with Gasteiger partial charge in [0.2, 0.25) is 0 Å². The van der Waals surface area contributed by atoms with E-state index in [0.717, 1.165) is 31.7 Å². The van der Waals surface area contributed by atoms with Crippen LogP contribution in [-0.4, -0.2) is 48.7 Å². The van der Waals surface area contributed by atoms with E-state index in [1.54, 1.807) is 0 Å². The molecule has 0 amide bonds. The number of carbonyl (C=O) groups is 1. The van der Waals surface area contributed by atoms with E-state index in [1.807, 2.05) is 0 Å². The van der Waals surface area contributed by atoms with Crippen molar-refractivity contribution in [3.63, 3.8) is 0 Å². The molecule has 4 nitrogen and oxygen atoms in total. The molecule has 17 heavy (non-hydrogen) atoms. The van der Waals surface area contributed by atoms with E-state index in [4.69, 9.17) is 5.11 Å². The number of hydrogen-bond donors (Lipinski definition) is 2. The van der Waals surface area contributed by atoms with Crippen LogP contribution in [0.3, 0.4) is 0 Å². The van der Waals surface area contributed by atoms with Crippen molar-refractivity contribution < 1.29 is 9.90 Å². The summed E-state index contributed by atoms with van der Waals surface area (Å²) in [6.07, 6.45) is 5.82. The normalized spacial score (nSPS) is 24.8. The Kier molecular flexibility index (Phi) is 4.40. The van der Waals surface area contributed by atoms with Gasteiger partial charge in [0.25, 0.3) is 0 Å². The fraction of sp³-hybridized carbons (Fsp3) is 0.923. The summed E-state index contributed by atoms with van der Waals surface area (Å²) in [4.78, 5) is 13.4. The summed E-state index contributed by atoms with van der Waals surface area (Å²) in [6.45, 7) is 3.24. The van der Waals surface area contributed by atoms with Crippen LogP contribution in [0.4, 0.5) is 0 Å². The van der Waals surface area contributed by atoms with E-state index in [1.165, 1.54) is 25.9 Å². The van der Waals surface area contributed by atoms with E-state index in [9.17, 15) is 4.79 Å².